The zero-order chi connectivity index (χ0) is 33.6. The number of hydrazine groups is 1. The van der Waals surface area contributed by atoms with Crippen LogP contribution in [0.5, 0.6) is 0 Å². The van der Waals surface area contributed by atoms with Gasteiger partial charge >= 0.3 is 11.9 Å². The number of hydrogen-bond donors (Lipinski definition) is 3. The van der Waals surface area contributed by atoms with Crippen LogP contribution in [0.3, 0.4) is 0 Å². The summed E-state index contributed by atoms with van der Waals surface area (Å²) in [5, 5.41) is 7.84. The lowest BCUT2D eigenvalue weighted by Crippen LogP contribution is -2.62. The quantitative estimate of drug-likeness (QED) is 0.311. The summed E-state index contributed by atoms with van der Waals surface area (Å²) in [6, 6.07) is 6.99. The first-order valence-corrected chi connectivity index (χ1v) is 15.4. The molecule has 3 amide bonds. The first kappa shape index (κ1) is 34.5. The van der Waals surface area contributed by atoms with E-state index in [1.165, 1.54) is 19.0 Å². The number of ether oxygens (including phenoxy) is 3. The lowest BCUT2D eigenvalue weighted by molar-refractivity contribution is -0.154. The van der Waals surface area contributed by atoms with Crippen molar-refractivity contribution >= 4 is 46.6 Å². The van der Waals surface area contributed by atoms with Crippen molar-refractivity contribution in [2.45, 2.75) is 71.7 Å². The van der Waals surface area contributed by atoms with E-state index in [9.17, 15) is 24.0 Å². The first-order valence-electron chi connectivity index (χ1n) is 15.4. The van der Waals surface area contributed by atoms with E-state index in [1.54, 1.807) is 19.9 Å². The summed E-state index contributed by atoms with van der Waals surface area (Å²) < 4.78 is 15.5. The number of nitrogens with one attached hydrogen (secondary N) is 3. The molecule has 4 rings (SSSR count). The molecule has 13 nitrogen and oxygen atoms in total. The Morgan fingerprint density at radius 1 is 1.09 bits per heavy atom. The highest BCUT2D eigenvalue weighted by atomic mass is 16.5. The molecule has 0 spiro atoms. The van der Waals surface area contributed by atoms with Gasteiger partial charge in [0.05, 0.1) is 31.5 Å². The minimum atomic E-state index is -0.983. The highest BCUT2D eigenvalue weighted by Crippen LogP contribution is 2.31. The number of aromatic nitrogens is 1. The molecule has 1 unspecified atom stereocenters. The molecule has 2 aliphatic rings. The average Bonchev–Trinajstić information content (AvgIpc) is 3.01. The highest BCUT2D eigenvalue weighted by molar-refractivity contribution is 5.94. The summed E-state index contributed by atoms with van der Waals surface area (Å²) in [5.74, 6) is -2.39. The van der Waals surface area contributed by atoms with Crippen LogP contribution < -0.4 is 16.1 Å². The predicted octanol–water partition coefficient (Wildman–Crippen LogP) is 2.20. The minimum Gasteiger partial charge on any atom is -0.468 e. The number of carbonyl (C=O) groups is 5. The lowest BCUT2D eigenvalue weighted by atomic mass is 9.83. The first-order chi connectivity index (χ1) is 21.8. The van der Waals surface area contributed by atoms with Crippen LogP contribution in [0.2, 0.25) is 0 Å². The van der Waals surface area contributed by atoms with Crippen LogP contribution in [0, 0.1) is 11.3 Å². The Hall–Kier alpha value is -4.36. The van der Waals surface area contributed by atoms with E-state index in [-0.39, 0.29) is 31.0 Å². The summed E-state index contributed by atoms with van der Waals surface area (Å²) in [7, 11) is 1.29. The average molecular weight is 638 g/mol. The van der Waals surface area contributed by atoms with Gasteiger partial charge < -0.3 is 24.8 Å². The molecule has 248 valence electrons. The van der Waals surface area contributed by atoms with Gasteiger partial charge in [0.15, 0.2) is 0 Å². The van der Waals surface area contributed by atoms with Gasteiger partial charge in [0.2, 0.25) is 11.8 Å². The second kappa shape index (κ2) is 14.8. The van der Waals surface area contributed by atoms with Crippen LogP contribution in [-0.4, -0.2) is 84.6 Å². The van der Waals surface area contributed by atoms with E-state index in [0.717, 1.165) is 10.9 Å². The molecule has 0 radical (unpaired) electrons. The Morgan fingerprint density at radius 2 is 1.80 bits per heavy atom. The Morgan fingerprint density at radius 3 is 2.43 bits per heavy atom. The van der Waals surface area contributed by atoms with Gasteiger partial charge in [-0.05, 0) is 50.3 Å². The summed E-state index contributed by atoms with van der Waals surface area (Å²) in [5.41, 5.74) is 4.03. The van der Waals surface area contributed by atoms with Crippen molar-refractivity contribution in [2.75, 3.05) is 26.9 Å². The van der Waals surface area contributed by atoms with Gasteiger partial charge in [-0.2, -0.15) is 0 Å². The number of rotatable bonds is 11. The smallest absolute Gasteiger partial charge is 0.324 e. The molecule has 4 atom stereocenters. The minimum absolute atomic E-state index is 0.147. The number of benzene rings is 1. The Labute approximate surface area is 268 Å². The fourth-order valence-electron chi connectivity index (χ4n) is 5.35. The monoisotopic (exact) mass is 637 g/mol. The Balaban J connectivity index is 1.42. The maximum Gasteiger partial charge on any atom is 0.324 e. The fraction of sp³-hybridized carbons (Fsp3) is 0.515. The largest absolute Gasteiger partial charge is 0.468 e. The van der Waals surface area contributed by atoms with Crippen molar-refractivity contribution in [3.8, 4) is 0 Å². The third-order valence-electron chi connectivity index (χ3n) is 8.17. The number of amides is 3. The summed E-state index contributed by atoms with van der Waals surface area (Å²) in [6.45, 7) is 8.97. The van der Waals surface area contributed by atoms with Crippen molar-refractivity contribution in [2.24, 2.45) is 11.3 Å². The van der Waals surface area contributed by atoms with Gasteiger partial charge in [-0.15, -0.1) is 0 Å². The van der Waals surface area contributed by atoms with E-state index in [4.69, 9.17) is 14.2 Å². The van der Waals surface area contributed by atoms with Crippen molar-refractivity contribution in [3.05, 3.63) is 47.7 Å². The summed E-state index contributed by atoms with van der Waals surface area (Å²) in [4.78, 5) is 68.0. The number of carbonyl (C=O) groups excluding carboxylic acids is 5. The van der Waals surface area contributed by atoms with Gasteiger partial charge in [0, 0.05) is 18.9 Å². The third-order valence-corrected chi connectivity index (χ3v) is 8.17. The second-order valence-electron chi connectivity index (χ2n) is 12.2. The van der Waals surface area contributed by atoms with E-state index < -0.39 is 47.4 Å². The van der Waals surface area contributed by atoms with E-state index in [1.807, 2.05) is 50.3 Å². The maximum atomic E-state index is 13.6. The molecule has 2 fully saturated rings. The molecule has 46 heavy (non-hydrogen) atoms. The number of pyridine rings is 1. The van der Waals surface area contributed by atoms with E-state index in [2.05, 4.69) is 21.0 Å². The zero-order valence-electron chi connectivity index (χ0n) is 27.1. The molecule has 2 aliphatic heterocycles. The summed E-state index contributed by atoms with van der Waals surface area (Å²) >= 11 is 0. The predicted molar refractivity (Wildman–Crippen MR) is 168 cm³/mol. The van der Waals surface area contributed by atoms with Gasteiger partial charge in [-0.25, -0.2) is 10.4 Å². The molecule has 3 N–H and O–H groups in total. The molecule has 2 aromatic rings. The van der Waals surface area contributed by atoms with Crippen molar-refractivity contribution in [3.63, 3.8) is 0 Å². The van der Waals surface area contributed by atoms with Crippen LogP contribution in [0.15, 0.2) is 36.4 Å². The van der Waals surface area contributed by atoms with Gasteiger partial charge in [0.25, 0.3) is 5.91 Å². The second-order valence-corrected chi connectivity index (χ2v) is 12.2. The number of esters is 2. The van der Waals surface area contributed by atoms with E-state index in [0.29, 0.717) is 30.6 Å². The van der Waals surface area contributed by atoms with E-state index >= 15 is 0 Å². The standard InChI is InChI=1S/C33H43N5O8/c1-19(2)28(29(40)34-20(3)30(41)38-15-7-8-26(37-38)31(42)44-6)36-32(43)33(17-45-18-33)14-13-23-9-10-24-11-12-25(35-27(24)16-23)21(4)46-22(5)39/h9-14,16,19-21,26,28,37H,7-8,15,17-18H2,1-6H3,(H,34,40)(H,36,43)/b14-13+/t20-,21+,26-,28?/m0/s1. The summed E-state index contributed by atoms with van der Waals surface area (Å²) in [6.07, 6.45) is 4.25. The van der Waals surface area contributed by atoms with Crippen LogP contribution in [-0.2, 0) is 38.2 Å². The highest BCUT2D eigenvalue weighted by Gasteiger charge is 2.45. The lowest BCUT2D eigenvalue weighted by Gasteiger charge is -2.39. The SMILES string of the molecule is COC(=O)[C@@H]1CCCN(C(=O)[C@H](C)NC(=O)C(NC(=O)C2(/C=C/c3ccc4ccc([C@@H](C)OC(C)=O)nc4c3)COC2)C(C)C)N1. The van der Waals surface area contributed by atoms with Gasteiger partial charge in [-0.1, -0.05) is 44.2 Å². The van der Waals surface area contributed by atoms with Crippen LogP contribution >= 0.6 is 0 Å². The zero-order valence-corrected chi connectivity index (χ0v) is 27.1. The van der Waals surface area contributed by atoms with Crippen LogP contribution in [0.1, 0.15) is 64.8 Å². The Bertz CT molecular complexity index is 1500. The molecule has 0 saturated carbocycles. The van der Waals surface area contributed by atoms with Crippen molar-refractivity contribution < 1.29 is 38.2 Å². The molecular weight excluding hydrogens is 594 g/mol. The molecular formula is C33H43N5O8. The van der Waals surface area contributed by atoms with Crippen molar-refractivity contribution in [1.29, 1.82) is 0 Å². The maximum absolute atomic E-state index is 13.6. The number of nitrogens with zero attached hydrogens (tertiary/aromatic N) is 2. The Kier molecular flexibility index (Phi) is 11.1. The van der Waals surface area contributed by atoms with Crippen molar-refractivity contribution in [1.82, 2.24) is 26.1 Å². The topological polar surface area (TPSA) is 165 Å². The number of fused-ring (bicyclic) bond motifs is 1. The molecule has 0 aliphatic carbocycles. The molecule has 13 heteroatoms. The normalized spacial score (nSPS) is 19.5. The molecule has 1 aromatic heterocycles. The molecule has 2 saturated heterocycles. The van der Waals surface area contributed by atoms with Gasteiger partial charge in [0.1, 0.15) is 29.6 Å². The molecule has 1 aromatic carbocycles. The molecule has 3 heterocycles. The molecule has 0 bridgehead atoms. The fourth-order valence-corrected chi connectivity index (χ4v) is 5.35. The number of hydrogen-bond acceptors (Lipinski definition) is 10. The number of methoxy groups -OCH3 is 1. The van der Waals surface area contributed by atoms with Crippen LogP contribution in [0.25, 0.3) is 17.0 Å². The van der Waals surface area contributed by atoms with Gasteiger partial charge in [-0.3, -0.25) is 29.0 Å². The third kappa shape index (κ3) is 8.07. The van der Waals surface area contributed by atoms with Crippen LogP contribution in [0.4, 0.5) is 0 Å².